The van der Waals surface area contributed by atoms with Gasteiger partial charge in [-0.3, -0.25) is 4.79 Å². The van der Waals surface area contributed by atoms with Crippen molar-refractivity contribution in [2.24, 2.45) is 17.1 Å². The van der Waals surface area contributed by atoms with Crippen LogP contribution in [0.3, 0.4) is 0 Å². The van der Waals surface area contributed by atoms with Gasteiger partial charge in [-0.2, -0.15) is 13.2 Å². The zero-order valence-electron chi connectivity index (χ0n) is 13.1. The monoisotopic (exact) mass is 320 g/mol. The van der Waals surface area contributed by atoms with Crippen LogP contribution in [-0.4, -0.2) is 24.7 Å². The van der Waals surface area contributed by atoms with E-state index in [1.807, 2.05) is 0 Å². The number of hydrogen-bond donors (Lipinski definition) is 2. The molecule has 3 N–H and O–H groups in total. The van der Waals surface area contributed by atoms with E-state index >= 15 is 0 Å². The molecule has 0 unspecified atom stereocenters. The van der Waals surface area contributed by atoms with E-state index in [9.17, 15) is 18.0 Å². The molecule has 0 atom stereocenters. The number of halogens is 3. The summed E-state index contributed by atoms with van der Waals surface area (Å²) in [5.41, 5.74) is 5.79. The molecule has 0 aliphatic heterocycles. The van der Waals surface area contributed by atoms with Crippen LogP contribution in [0.4, 0.5) is 13.2 Å². The minimum absolute atomic E-state index is 0.0391. The Morgan fingerprint density at radius 2 is 1.68 bits per heavy atom. The van der Waals surface area contributed by atoms with Gasteiger partial charge in [0.15, 0.2) is 0 Å². The maximum Gasteiger partial charge on any atom is 0.391 e. The lowest BCUT2D eigenvalue weighted by Gasteiger charge is -2.36. The second-order valence-electron chi connectivity index (χ2n) is 7.10. The molecule has 2 aliphatic rings. The highest BCUT2D eigenvalue weighted by Crippen LogP contribution is 2.39. The molecule has 2 aliphatic carbocycles. The molecule has 2 saturated carbocycles. The van der Waals surface area contributed by atoms with Crippen LogP contribution in [0.5, 0.6) is 0 Å². The Balaban J connectivity index is 1.78. The molecule has 128 valence electrons. The lowest BCUT2D eigenvalue weighted by Crippen LogP contribution is -2.43. The minimum Gasteiger partial charge on any atom is -0.353 e. The Morgan fingerprint density at radius 3 is 2.18 bits per heavy atom. The SMILES string of the molecule is NCC1(CC(=O)NC2CCC(C(F)(F)F)CC2)CCCCC1. The van der Waals surface area contributed by atoms with Crippen molar-refractivity contribution in [1.29, 1.82) is 0 Å². The number of amides is 1. The van der Waals surface area contributed by atoms with Crippen LogP contribution in [0.15, 0.2) is 0 Å². The minimum atomic E-state index is -4.10. The van der Waals surface area contributed by atoms with Gasteiger partial charge in [0.05, 0.1) is 5.92 Å². The fraction of sp³-hybridized carbons (Fsp3) is 0.938. The molecule has 2 fully saturated rings. The van der Waals surface area contributed by atoms with Crippen molar-refractivity contribution in [3.05, 3.63) is 0 Å². The van der Waals surface area contributed by atoms with Crippen molar-refractivity contribution < 1.29 is 18.0 Å². The lowest BCUT2D eigenvalue weighted by atomic mass is 9.71. The number of rotatable bonds is 4. The summed E-state index contributed by atoms with van der Waals surface area (Å²) < 4.78 is 37.9. The molecule has 0 radical (unpaired) electrons. The Morgan fingerprint density at radius 1 is 1.09 bits per heavy atom. The molecule has 22 heavy (non-hydrogen) atoms. The first kappa shape index (κ1) is 17.6. The van der Waals surface area contributed by atoms with Crippen molar-refractivity contribution in [3.63, 3.8) is 0 Å². The summed E-state index contributed by atoms with van der Waals surface area (Å²) in [5.74, 6) is -1.24. The number of alkyl halides is 3. The topological polar surface area (TPSA) is 55.1 Å². The standard InChI is InChI=1S/C16H27F3N2O/c17-16(18,19)12-4-6-13(7-5-12)21-14(22)10-15(11-20)8-2-1-3-9-15/h12-13H,1-11,20H2,(H,21,22). The first-order valence-corrected chi connectivity index (χ1v) is 8.41. The highest BCUT2D eigenvalue weighted by molar-refractivity contribution is 5.77. The van der Waals surface area contributed by atoms with Gasteiger partial charge < -0.3 is 11.1 Å². The third-order valence-electron chi connectivity index (χ3n) is 5.44. The molecule has 0 heterocycles. The van der Waals surface area contributed by atoms with Crippen LogP contribution < -0.4 is 11.1 Å². The molecule has 0 spiro atoms. The maximum absolute atomic E-state index is 12.6. The molecule has 6 heteroatoms. The third-order valence-corrected chi connectivity index (χ3v) is 5.44. The third kappa shape index (κ3) is 4.61. The number of nitrogens with two attached hydrogens (primary N) is 1. The van der Waals surface area contributed by atoms with Crippen LogP contribution in [0.1, 0.15) is 64.2 Å². The summed E-state index contributed by atoms with van der Waals surface area (Å²) in [6.45, 7) is 0.515. The van der Waals surface area contributed by atoms with E-state index in [-0.39, 0.29) is 30.2 Å². The van der Waals surface area contributed by atoms with E-state index in [2.05, 4.69) is 5.32 Å². The number of hydrogen-bond acceptors (Lipinski definition) is 2. The van der Waals surface area contributed by atoms with Crippen LogP contribution in [0.25, 0.3) is 0 Å². The summed E-state index contributed by atoms with van der Waals surface area (Å²) in [4.78, 5) is 12.2. The van der Waals surface area contributed by atoms with Gasteiger partial charge in [-0.25, -0.2) is 0 Å². The molecule has 2 rings (SSSR count). The lowest BCUT2D eigenvalue weighted by molar-refractivity contribution is -0.182. The van der Waals surface area contributed by atoms with Gasteiger partial charge in [0.2, 0.25) is 5.91 Å². The quantitative estimate of drug-likeness (QED) is 0.832. The van der Waals surface area contributed by atoms with Gasteiger partial charge >= 0.3 is 6.18 Å². The van der Waals surface area contributed by atoms with Gasteiger partial charge in [0, 0.05) is 12.5 Å². The molecule has 0 saturated heterocycles. The van der Waals surface area contributed by atoms with Gasteiger partial charge in [0.25, 0.3) is 0 Å². The first-order valence-electron chi connectivity index (χ1n) is 8.41. The van der Waals surface area contributed by atoms with Gasteiger partial charge in [-0.15, -0.1) is 0 Å². The molecule has 0 aromatic heterocycles. The number of carbonyl (C=O) groups excluding carboxylic acids is 1. The van der Waals surface area contributed by atoms with E-state index in [1.165, 1.54) is 6.42 Å². The molecule has 0 aromatic carbocycles. The molecule has 0 aromatic rings. The Labute approximate surface area is 130 Å². The normalized spacial score (nSPS) is 29.1. The van der Waals surface area contributed by atoms with E-state index in [1.54, 1.807) is 0 Å². The van der Waals surface area contributed by atoms with E-state index in [0.717, 1.165) is 25.7 Å². The summed E-state index contributed by atoms with van der Waals surface area (Å²) in [6, 6.07) is -0.107. The predicted octanol–water partition coefficient (Wildman–Crippen LogP) is 3.52. The maximum atomic E-state index is 12.6. The predicted molar refractivity (Wildman–Crippen MR) is 79.1 cm³/mol. The number of carbonyl (C=O) groups is 1. The van der Waals surface area contributed by atoms with Crippen molar-refractivity contribution in [1.82, 2.24) is 5.32 Å². The molecule has 1 amide bonds. The van der Waals surface area contributed by atoms with Crippen molar-refractivity contribution in [3.8, 4) is 0 Å². The van der Waals surface area contributed by atoms with Crippen molar-refractivity contribution in [2.75, 3.05) is 6.54 Å². The van der Waals surface area contributed by atoms with E-state index < -0.39 is 12.1 Å². The Bertz CT molecular complexity index is 370. The van der Waals surface area contributed by atoms with Gasteiger partial charge in [-0.1, -0.05) is 19.3 Å². The van der Waals surface area contributed by atoms with Crippen LogP contribution in [0.2, 0.25) is 0 Å². The first-order chi connectivity index (χ1) is 10.3. The molecular weight excluding hydrogens is 293 g/mol. The molecule has 3 nitrogen and oxygen atoms in total. The number of nitrogens with one attached hydrogen (secondary N) is 1. The second-order valence-corrected chi connectivity index (χ2v) is 7.10. The summed E-state index contributed by atoms with van der Waals surface area (Å²) in [5, 5.41) is 2.94. The smallest absolute Gasteiger partial charge is 0.353 e. The average Bonchev–Trinajstić information content (AvgIpc) is 2.47. The zero-order chi connectivity index (χ0) is 16.2. The highest BCUT2D eigenvalue weighted by Gasteiger charge is 2.42. The zero-order valence-corrected chi connectivity index (χ0v) is 13.1. The fourth-order valence-electron chi connectivity index (χ4n) is 3.94. The van der Waals surface area contributed by atoms with Crippen molar-refractivity contribution in [2.45, 2.75) is 76.4 Å². The Kier molecular flexibility index (Phi) is 5.75. The summed E-state index contributed by atoms with van der Waals surface area (Å²) in [6.07, 6.45) is 2.80. The van der Waals surface area contributed by atoms with Gasteiger partial charge in [-0.05, 0) is 50.5 Å². The largest absolute Gasteiger partial charge is 0.391 e. The second kappa shape index (κ2) is 7.20. The fourth-order valence-corrected chi connectivity index (χ4v) is 3.94. The summed E-state index contributed by atoms with van der Waals surface area (Å²) >= 11 is 0. The van der Waals surface area contributed by atoms with Crippen LogP contribution >= 0.6 is 0 Å². The van der Waals surface area contributed by atoms with E-state index in [4.69, 9.17) is 5.73 Å². The summed E-state index contributed by atoms with van der Waals surface area (Å²) in [7, 11) is 0. The highest BCUT2D eigenvalue weighted by atomic mass is 19.4. The van der Waals surface area contributed by atoms with Gasteiger partial charge in [0.1, 0.15) is 0 Å². The van der Waals surface area contributed by atoms with Crippen LogP contribution in [-0.2, 0) is 4.79 Å². The molecule has 0 bridgehead atoms. The molecular formula is C16H27F3N2O. The van der Waals surface area contributed by atoms with E-state index in [0.29, 0.717) is 25.8 Å². The average molecular weight is 320 g/mol. The van der Waals surface area contributed by atoms with Crippen molar-refractivity contribution >= 4 is 5.91 Å². The van der Waals surface area contributed by atoms with Crippen LogP contribution in [0, 0.1) is 11.3 Å². The Hall–Kier alpha value is -0.780.